The molecule has 0 saturated carbocycles. The highest BCUT2D eigenvalue weighted by atomic mass is 16.5. The van der Waals surface area contributed by atoms with Crippen LogP contribution >= 0.6 is 0 Å². The molecule has 0 aromatic carbocycles. The normalized spacial score (nSPS) is 25.2. The molecule has 0 amide bonds. The van der Waals surface area contributed by atoms with Gasteiger partial charge in [0.25, 0.3) is 0 Å². The average molecular weight is 341 g/mol. The second-order valence-electron chi connectivity index (χ2n) is 7.51. The number of rotatable bonds is 3. The van der Waals surface area contributed by atoms with Gasteiger partial charge in [0.1, 0.15) is 11.5 Å². The van der Waals surface area contributed by atoms with E-state index in [2.05, 4.69) is 26.9 Å². The summed E-state index contributed by atoms with van der Waals surface area (Å²) in [6.45, 7) is 8.69. The molecule has 2 aliphatic rings. The molecular formula is C20H27N3O2. The molecule has 2 aliphatic heterocycles. The molecule has 0 N–H and O–H groups in total. The smallest absolute Gasteiger partial charge is 0.118 e. The zero-order valence-corrected chi connectivity index (χ0v) is 15.0. The van der Waals surface area contributed by atoms with Gasteiger partial charge < -0.3 is 14.1 Å². The van der Waals surface area contributed by atoms with Gasteiger partial charge in [0.05, 0.1) is 31.6 Å². The highest BCUT2D eigenvalue weighted by molar-refractivity contribution is 5.44. The number of hydrogen-bond donors (Lipinski definition) is 0. The van der Waals surface area contributed by atoms with Crippen molar-refractivity contribution in [3.63, 3.8) is 0 Å². The molecule has 4 rings (SSSR count). The summed E-state index contributed by atoms with van der Waals surface area (Å²) in [6, 6.07) is 8.31. The van der Waals surface area contributed by atoms with Crippen LogP contribution in [-0.4, -0.2) is 49.3 Å². The molecular weight excluding hydrogens is 314 g/mol. The highest BCUT2D eigenvalue weighted by Crippen LogP contribution is 2.35. The number of piperidine rings is 1. The van der Waals surface area contributed by atoms with Gasteiger partial charge in [0.2, 0.25) is 0 Å². The van der Waals surface area contributed by atoms with E-state index < -0.39 is 0 Å². The number of aryl methyl sites for hydroxylation is 1. The Morgan fingerprint density at radius 1 is 1.20 bits per heavy atom. The van der Waals surface area contributed by atoms with Crippen molar-refractivity contribution in [3.05, 3.63) is 48.2 Å². The molecule has 4 heterocycles. The molecule has 5 heteroatoms. The van der Waals surface area contributed by atoms with E-state index in [-0.39, 0.29) is 5.41 Å². The summed E-state index contributed by atoms with van der Waals surface area (Å²) in [6.07, 6.45) is 6.23. The SMILES string of the molecule is Cc1ccc(CN2CCC[C@@]3(COCCN(c4cccnc4)C3)C2)o1. The molecule has 5 nitrogen and oxygen atoms in total. The van der Waals surface area contributed by atoms with Crippen molar-refractivity contribution in [3.8, 4) is 0 Å². The van der Waals surface area contributed by atoms with Crippen LogP contribution in [0.5, 0.6) is 0 Å². The topological polar surface area (TPSA) is 41.7 Å². The lowest BCUT2D eigenvalue weighted by Crippen LogP contribution is -2.50. The van der Waals surface area contributed by atoms with Crippen LogP contribution in [0, 0.1) is 12.3 Å². The van der Waals surface area contributed by atoms with E-state index in [4.69, 9.17) is 9.15 Å². The van der Waals surface area contributed by atoms with Crippen LogP contribution in [0.3, 0.4) is 0 Å². The molecule has 0 aliphatic carbocycles. The molecule has 134 valence electrons. The second-order valence-corrected chi connectivity index (χ2v) is 7.51. The Hall–Kier alpha value is -1.85. The first-order valence-electron chi connectivity index (χ1n) is 9.23. The van der Waals surface area contributed by atoms with E-state index in [0.717, 1.165) is 57.5 Å². The molecule has 0 bridgehead atoms. The molecule has 2 aromatic heterocycles. The number of likely N-dealkylation sites (tertiary alicyclic amines) is 1. The quantitative estimate of drug-likeness (QED) is 0.858. The van der Waals surface area contributed by atoms with Crippen LogP contribution in [0.15, 0.2) is 41.1 Å². The Labute approximate surface area is 149 Å². The first-order chi connectivity index (χ1) is 12.2. The molecule has 1 spiro atoms. The van der Waals surface area contributed by atoms with E-state index in [1.54, 1.807) is 0 Å². The van der Waals surface area contributed by atoms with E-state index in [9.17, 15) is 0 Å². The predicted molar refractivity (Wildman–Crippen MR) is 97.7 cm³/mol. The molecule has 0 radical (unpaired) electrons. The number of anilines is 1. The molecule has 1 atom stereocenters. The Morgan fingerprint density at radius 2 is 2.16 bits per heavy atom. The van der Waals surface area contributed by atoms with Crippen molar-refractivity contribution < 1.29 is 9.15 Å². The number of nitrogens with zero attached hydrogens (tertiary/aromatic N) is 3. The van der Waals surface area contributed by atoms with Gasteiger partial charge in [0.15, 0.2) is 0 Å². The largest absolute Gasteiger partial charge is 0.465 e. The van der Waals surface area contributed by atoms with Crippen LogP contribution in [0.1, 0.15) is 24.4 Å². The Kier molecular flexibility index (Phi) is 4.77. The highest BCUT2D eigenvalue weighted by Gasteiger charge is 2.39. The van der Waals surface area contributed by atoms with Gasteiger partial charge in [-0.15, -0.1) is 0 Å². The van der Waals surface area contributed by atoms with E-state index >= 15 is 0 Å². The van der Waals surface area contributed by atoms with Gasteiger partial charge >= 0.3 is 0 Å². The molecule has 25 heavy (non-hydrogen) atoms. The maximum Gasteiger partial charge on any atom is 0.118 e. The Bertz CT molecular complexity index is 687. The van der Waals surface area contributed by atoms with Gasteiger partial charge in [0, 0.05) is 31.2 Å². The van der Waals surface area contributed by atoms with Crippen molar-refractivity contribution in [1.29, 1.82) is 0 Å². The first-order valence-corrected chi connectivity index (χ1v) is 9.23. The monoisotopic (exact) mass is 341 g/mol. The first kappa shape index (κ1) is 16.6. The average Bonchev–Trinajstić information content (AvgIpc) is 2.92. The lowest BCUT2D eigenvalue weighted by atomic mass is 9.80. The van der Waals surface area contributed by atoms with Crippen molar-refractivity contribution in [2.45, 2.75) is 26.3 Å². The maximum absolute atomic E-state index is 6.03. The number of pyridine rings is 1. The molecule has 2 fully saturated rings. The summed E-state index contributed by atoms with van der Waals surface area (Å²) in [7, 11) is 0. The summed E-state index contributed by atoms with van der Waals surface area (Å²) in [4.78, 5) is 9.26. The molecule has 2 aromatic rings. The standard InChI is InChI=1S/C20H27N3O2/c1-17-5-6-19(25-17)13-22-9-3-7-20(14-22)15-23(10-11-24-16-20)18-4-2-8-21-12-18/h2,4-6,8,12H,3,7,9-11,13-16H2,1H3/t20-/m1/s1. The van der Waals surface area contributed by atoms with Crippen LogP contribution in [0.4, 0.5) is 5.69 Å². The third-order valence-electron chi connectivity index (χ3n) is 5.37. The van der Waals surface area contributed by atoms with E-state index in [1.807, 2.05) is 31.5 Å². The minimum atomic E-state index is 0.187. The summed E-state index contributed by atoms with van der Waals surface area (Å²) in [5.41, 5.74) is 1.39. The van der Waals surface area contributed by atoms with Crippen molar-refractivity contribution in [2.75, 3.05) is 44.3 Å². The number of hydrogen-bond acceptors (Lipinski definition) is 5. The van der Waals surface area contributed by atoms with Gasteiger partial charge in [-0.25, -0.2) is 0 Å². The summed E-state index contributed by atoms with van der Waals surface area (Å²) in [5.74, 6) is 2.05. The maximum atomic E-state index is 6.03. The van der Waals surface area contributed by atoms with Crippen LogP contribution < -0.4 is 4.90 Å². The van der Waals surface area contributed by atoms with Gasteiger partial charge in [-0.2, -0.15) is 0 Å². The predicted octanol–water partition coefficient (Wildman–Crippen LogP) is 3.10. The minimum Gasteiger partial charge on any atom is -0.465 e. The Balaban J connectivity index is 1.48. The van der Waals surface area contributed by atoms with Gasteiger partial charge in [-0.3, -0.25) is 9.88 Å². The van der Waals surface area contributed by atoms with Gasteiger partial charge in [-0.05, 0) is 50.6 Å². The third kappa shape index (κ3) is 3.88. The molecule has 0 unspecified atom stereocenters. The van der Waals surface area contributed by atoms with Crippen LogP contribution in [0.2, 0.25) is 0 Å². The van der Waals surface area contributed by atoms with Crippen molar-refractivity contribution in [1.82, 2.24) is 9.88 Å². The minimum absolute atomic E-state index is 0.187. The van der Waals surface area contributed by atoms with E-state index in [0.29, 0.717) is 0 Å². The van der Waals surface area contributed by atoms with Gasteiger partial charge in [-0.1, -0.05) is 0 Å². The van der Waals surface area contributed by atoms with Crippen LogP contribution in [-0.2, 0) is 11.3 Å². The number of ether oxygens (including phenoxy) is 1. The number of furan rings is 1. The third-order valence-corrected chi connectivity index (χ3v) is 5.37. The fraction of sp³-hybridized carbons (Fsp3) is 0.550. The summed E-state index contributed by atoms with van der Waals surface area (Å²) < 4.78 is 11.8. The summed E-state index contributed by atoms with van der Waals surface area (Å²) in [5, 5.41) is 0. The zero-order valence-electron chi connectivity index (χ0n) is 15.0. The second kappa shape index (κ2) is 7.18. The Morgan fingerprint density at radius 3 is 2.96 bits per heavy atom. The fourth-order valence-electron chi connectivity index (χ4n) is 4.24. The zero-order chi connectivity index (χ0) is 17.1. The van der Waals surface area contributed by atoms with E-state index in [1.165, 1.54) is 18.5 Å². The lowest BCUT2D eigenvalue weighted by molar-refractivity contribution is 0.00875. The van der Waals surface area contributed by atoms with Crippen molar-refractivity contribution in [2.24, 2.45) is 5.41 Å². The van der Waals surface area contributed by atoms with Crippen LogP contribution in [0.25, 0.3) is 0 Å². The number of aromatic nitrogens is 1. The fourth-order valence-corrected chi connectivity index (χ4v) is 4.24. The molecule has 2 saturated heterocycles. The van der Waals surface area contributed by atoms with Crippen molar-refractivity contribution >= 4 is 5.69 Å². The summed E-state index contributed by atoms with van der Waals surface area (Å²) >= 11 is 0. The lowest BCUT2D eigenvalue weighted by Gasteiger charge is -2.43.